The third kappa shape index (κ3) is 2.53. The van der Waals surface area contributed by atoms with Crippen molar-refractivity contribution in [2.24, 2.45) is 12.5 Å². The molecule has 1 heterocycles. The predicted molar refractivity (Wildman–Crippen MR) is 85.0 cm³/mol. The van der Waals surface area contributed by atoms with Gasteiger partial charge in [0.25, 0.3) is 12.3 Å². The Labute approximate surface area is 141 Å². The number of aryl methyl sites for hydroxylation is 1. The van der Waals surface area contributed by atoms with E-state index in [1.54, 1.807) is 11.9 Å². The Kier molecular flexibility index (Phi) is 4.64. The van der Waals surface area contributed by atoms with Gasteiger partial charge in [0, 0.05) is 32.2 Å². The van der Waals surface area contributed by atoms with E-state index in [-0.39, 0.29) is 34.7 Å². The maximum absolute atomic E-state index is 13.2. The van der Waals surface area contributed by atoms with Crippen molar-refractivity contribution in [3.63, 3.8) is 0 Å². The lowest BCUT2D eigenvalue weighted by Crippen LogP contribution is -2.64. The molecule has 2 aliphatic rings. The first-order valence-electron chi connectivity index (χ1n) is 8.61. The summed E-state index contributed by atoms with van der Waals surface area (Å²) in [4.78, 5) is 14.5. The van der Waals surface area contributed by atoms with Crippen molar-refractivity contribution in [1.29, 1.82) is 0 Å². The Morgan fingerprint density at radius 3 is 2.75 bits per heavy atom. The van der Waals surface area contributed by atoms with Gasteiger partial charge in [0.2, 0.25) is 0 Å². The zero-order valence-corrected chi connectivity index (χ0v) is 14.5. The van der Waals surface area contributed by atoms with E-state index in [0.717, 1.165) is 36.8 Å². The van der Waals surface area contributed by atoms with Gasteiger partial charge in [-0.05, 0) is 26.2 Å². The zero-order chi connectivity index (χ0) is 17.5. The molecule has 0 aliphatic heterocycles. The third-order valence-corrected chi connectivity index (χ3v) is 5.85. The smallest absolute Gasteiger partial charge is 0.280 e. The molecule has 0 radical (unpaired) electrons. The average molecular weight is 341 g/mol. The van der Waals surface area contributed by atoms with Crippen molar-refractivity contribution < 1.29 is 18.3 Å². The van der Waals surface area contributed by atoms with Crippen LogP contribution in [0.4, 0.5) is 8.78 Å². The van der Waals surface area contributed by atoms with Gasteiger partial charge in [0.15, 0.2) is 0 Å². The quantitative estimate of drug-likeness (QED) is 0.826. The predicted octanol–water partition coefficient (Wildman–Crippen LogP) is 3.17. The van der Waals surface area contributed by atoms with Gasteiger partial charge in [-0.3, -0.25) is 9.48 Å². The van der Waals surface area contributed by atoms with E-state index in [9.17, 15) is 13.6 Å². The number of carbonyl (C=O) groups is 1. The summed E-state index contributed by atoms with van der Waals surface area (Å²) in [5.41, 5.74) is -0.316. The second-order valence-electron chi connectivity index (χ2n) is 6.92. The van der Waals surface area contributed by atoms with Crippen LogP contribution in [0.5, 0.6) is 0 Å². The number of halogens is 2. The molecule has 1 amide bonds. The lowest BCUT2D eigenvalue weighted by atomic mass is 9.60. The van der Waals surface area contributed by atoms with Crippen LogP contribution in [0.25, 0.3) is 0 Å². The number of amides is 1. The Morgan fingerprint density at radius 1 is 1.50 bits per heavy atom. The molecule has 0 unspecified atom stereocenters. The molecule has 0 aromatic carbocycles. The van der Waals surface area contributed by atoms with E-state index in [4.69, 9.17) is 4.74 Å². The number of hydrogen-bond donors (Lipinski definition) is 0. The summed E-state index contributed by atoms with van der Waals surface area (Å²) in [5, 5.41) is 3.84. The number of nitrogens with zero attached hydrogens (tertiary/aromatic N) is 3. The highest BCUT2D eigenvalue weighted by Crippen LogP contribution is 2.56. The van der Waals surface area contributed by atoms with Crippen molar-refractivity contribution >= 4 is 5.91 Å². The SMILES string of the molecule is CCO[C@H]1C[C@H](N(C)C(=O)c2cnn(C)c2C(F)F)C12CCCC2. The molecule has 1 aromatic rings. The molecule has 5 nitrogen and oxygen atoms in total. The maximum atomic E-state index is 13.2. The lowest BCUT2D eigenvalue weighted by molar-refractivity contribution is -0.152. The number of aromatic nitrogens is 2. The van der Waals surface area contributed by atoms with Crippen molar-refractivity contribution in [2.75, 3.05) is 13.7 Å². The van der Waals surface area contributed by atoms with Crippen LogP contribution in [0.2, 0.25) is 0 Å². The summed E-state index contributed by atoms with van der Waals surface area (Å²) >= 11 is 0. The summed E-state index contributed by atoms with van der Waals surface area (Å²) in [6.45, 7) is 2.64. The molecule has 0 bridgehead atoms. The highest BCUT2D eigenvalue weighted by Gasteiger charge is 2.59. The van der Waals surface area contributed by atoms with Crippen LogP contribution in [-0.2, 0) is 11.8 Å². The van der Waals surface area contributed by atoms with Crippen LogP contribution in [0.1, 0.15) is 61.5 Å². The summed E-state index contributed by atoms with van der Waals surface area (Å²) in [5.74, 6) is -0.371. The number of carbonyl (C=O) groups excluding carboxylic acids is 1. The zero-order valence-electron chi connectivity index (χ0n) is 14.5. The van der Waals surface area contributed by atoms with E-state index < -0.39 is 6.43 Å². The third-order valence-electron chi connectivity index (χ3n) is 5.85. The molecule has 2 aliphatic carbocycles. The second kappa shape index (κ2) is 6.43. The first-order valence-corrected chi connectivity index (χ1v) is 8.61. The van der Waals surface area contributed by atoms with Gasteiger partial charge < -0.3 is 9.64 Å². The minimum Gasteiger partial charge on any atom is -0.378 e. The Morgan fingerprint density at radius 2 is 2.17 bits per heavy atom. The number of alkyl halides is 2. The van der Waals surface area contributed by atoms with Crippen molar-refractivity contribution in [3.8, 4) is 0 Å². The fourth-order valence-electron chi connectivity index (χ4n) is 4.60. The Hall–Kier alpha value is -1.50. The fourth-order valence-corrected chi connectivity index (χ4v) is 4.60. The summed E-state index contributed by atoms with van der Waals surface area (Å²) in [6, 6.07) is 0.0507. The van der Waals surface area contributed by atoms with Crippen LogP contribution >= 0.6 is 0 Å². The average Bonchev–Trinajstić information content (AvgIpc) is 3.18. The van der Waals surface area contributed by atoms with Crippen molar-refractivity contribution in [1.82, 2.24) is 14.7 Å². The van der Waals surface area contributed by atoms with Gasteiger partial charge in [-0.1, -0.05) is 12.8 Å². The van der Waals surface area contributed by atoms with Crippen LogP contribution in [0.15, 0.2) is 6.20 Å². The molecule has 0 N–H and O–H groups in total. The monoisotopic (exact) mass is 341 g/mol. The molecule has 2 fully saturated rings. The van der Waals surface area contributed by atoms with Crippen molar-refractivity contribution in [2.45, 2.75) is 57.6 Å². The second-order valence-corrected chi connectivity index (χ2v) is 6.92. The maximum Gasteiger partial charge on any atom is 0.280 e. The molecule has 1 spiro atoms. The standard InChI is InChI=1S/C17H25F2N3O2/c1-4-24-13-9-12(17(13)7-5-6-8-17)21(2)16(23)11-10-20-22(3)14(11)15(18)19/h10,12-13,15H,4-9H2,1-3H3/t12-,13-/m0/s1. The van der Waals surface area contributed by atoms with Gasteiger partial charge in [-0.15, -0.1) is 0 Å². The topological polar surface area (TPSA) is 47.4 Å². The number of rotatable bonds is 5. The molecule has 134 valence electrons. The Balaban J connectivity index is 1.82. The van der Waals surface area contributed by atoms with Crippen LogP contribution < -0.4 is 0 Å². The molecule has 3 rings (SSSR count). The summed E-state index contributed by atoms with van der Waals surface area (Å²) in [7, 11) is 3.16. The largest absolute Gasteiger partial charge is 0.378 e. The molecule has 2 saturated carbocycles. The number of ether oxygens (including phenoxy) is 1. The molecular formula is C17H25F2N3O2. The highest BCUT2D eigenvalue weighted by atomic mass is 19.3. The van der Waals surface area contributed by atoms with E-state index >= 15 is 0 Å². The molecule has 7 heteroatoms. The first kappa shape index (κ1) is 17.3. The molecule has 2 atom stereocenters. The summed E-state index contributed by atoms with van der Waals surface area (Å²) in [6.07, 6.45) is 3.83. The van der Waals surface area contributed by atoms with E-state index in [2.05, 4.69) is 5.10 Å². The molecule has 1 aromatic heterocycles. The Bertz CT molecular complexity index is 611. The van der Waals surface area contributed by atoms with Crippen LogP contribution in [-0.4, -0.2) is 46.4 Å². The normalized spacial score (nSPS) is 25.2. The van der Waals surface area contributed by atoms with E-state index in [1.807, 2.05) is 6.92 Å². The first-order chi connectivity index (χ1) is 11.4. The minimum atomic E-state index is -2.72. The van der Waals surface area contributed by atoms with Crippen LogP contribution in [0, 0.1) is 5.41 Å². The van der Waals surface area contributed by atoms with Gasteiger partial charge in [0.05, 0.1) is 17.9 Å². The highest BCUT2D eigenvalue weighted by molar-refractivity contribution is 5.95. The van der Waals surface area contributed by atoms with E-state index in [0.29, 0.717) is 6.61 Å². The van der Waals surface area contributed by atoms with Gasteiger partial charge in [-0.2, -0.15) is 5.10 Å². The molecular weight excluding hydrogens is 316 g/mol. The van der Waals surface area contributed by atoms with Crippen molar-refractivity contribution in [3.05, 3.63) is 17.5 Å². The van der Waals surface area contributed by atoms with Gasteiger partial charge >= 0.3 is 0 Å². The fraction of sp³-hybridized carbons (Fsp3) is 0.765. The summed E-state index contributed by atoms with van der Waals surface area (Å²) < 4.78 is 33.5. The van der Waals surface area contributed by atoms with Gasteiger partial charge in [-0.25, -0.2) is 8.78 Å². The molecule has 24 heavy (non-hydrogen) atoms. The van der Waals surface area contributed by atoms with E-state index in [1.165, 1.54) is 13.2 Å². The molecule has 0 saturated heterocycles. The minimum absolute atomic E-state index is 0.00278. The van der Waals surface area contributed by atoms with Gasteiger partial charge in [0.1, 0.15) is 5.69 Å². The van der Waals surface area contributed by atoms with Crippen LogP contribution in [0.3, 0.4) is 0 Å². The number of hydrogen-bond acceptors (Lipinski definition) is 3. The lowest BCUT2D eigenvalue weighted by Gasteiger charge is -2.57.